The molecule has 4 nitrogen and oxygen atoms in total. The summed E-state index contributed by atoms with van der Waals surface area (Å²) in [6.07, 6.45) is 5.55. The van der Waals surface area contributed by atoms with Crippen molar-refractivity contribution in [1.82, 2.24) is 15.3 Å². The lowest BCUT2D eigenvalue weighted by Gasteiger charge is -2.34. The minimum absolute atomic E-state index is 0.110. The summed E-state index contributed by atoms with van der Waals surface area (Å²) in [5, 5.41) is 3.57. The molecule has 0 bridgehead atoms. The molecule has 1 atom stereocenters. The van der Waals surface area contributed by atoms with E-state index in [2.05, 4.69) is 43.0 Å². The topological polar surface area (TPSA) is 47.0 Å². The minimum atomic E-state index is 0.110. The zero-order valence-electron chi connectivity index (χ0n) is 12.2. The zero-order chi connectivity index (χ0) is 13.6. The number of ether oxygens (including phenoxy) is 1. The van der Waals surface area contributed by atoms with Crippen LogP contribution in [0.25, 0.3) is 0 Å². The van der Waals surface area contributed by atoms with E-state index in [1.54, 1.807) is 19.5 Å². The highest BCUT2D eigenvalue weighted by molar-refractivity contribution is 5.23. The van der Waals surface area contributed by atoms with Gasteiger partial charge in [-0.25, -0.2) is 4.98 Å². The van der Waals surface area contributed by atoms with Gasteiger partial charge in [-0.15, -0.1) is 0 Å². The van der Waals surface area contributed by atoms with Gasteiger partial charge in [0.15, 0.2) is 0 Å². The van der Waals surface area contributed by atoms with Gasteiger partial charge in [-0.1, -0.05) is 27.7 Å². The quantitative estimate of drug-likeness (QED) is 0.809. The molecule has 1 unspecified atom stereocenters. The van der Waals surface area contributed by atoms with Crippen LogP contribution in [0, 0.1) is 5.41 Å². The number of nitrogens with zero attached hydrogens (tertiary/aromatic N) is 2. The van der Waals surface area contributed by atoms with Crippen LogP contribution in [0.1, 0.15) is 52.3 Å². The van der Waals surface area contributed by atoms with Gasteiger partial charge in [0.2, 0.25) is 5.88 Å². The lowest BCUT2D eigenvalue weighted by Crippen LogP contribution is -2.35. The normalized spacial score (nSPS) is 13.4. The Kier molecular flexibility index (Phi) is 5.54. The van der Waals surface area contributed by atoms with Crippen LogP contribution in [0.2, 0.25) is 0 Å². The summed E-state index contributed by atoms with van der Waals surface area (Å²) < 4.78 is 5.33. The van der Waals surface area contributed by atoms with E-state index < -0.39 is 0 Å². The Morgan fingerprint density at radius 3 is 2.50 bits per heavy atom. The fourth-order valence-electron chi connectivity index (χ4n) is 1.93. The van der Waals surface area contributed by atoms with Crippen molar-refractivity contribution >= 4 is 0 Å². The van der Waals surface area contributed by atoms with Gasteiger partial charge in [-0.05, 0) is 24.8 Å². The number of aromatic nitrogens is 2. The van der Waals surface area contributed by atoms with Crippen molar-refractivity contribution in [2.75, 3.05) is 13.7 Å². The van der Waals surface area contributed by atoms with E-state index in [-0.39, 0.29) is 11.5 Å². The number of hydrogen-bond acceptors (Lipinski definition) is 4. The van der Waals surface area contributed by atoms with Gasteiger partial charge >= 0.3 is 0 Å². The Balaban J connectivity index is 3.08. The molecule has 0 aliphatic carbocycles. The zero-order valence-corrected chi connectivity index (χ0v) is 12.2. The Morgan fingerprint density at radius 1 is 1.28 bits per heavy atom. The fraction of sp³-hybridized carbons (Fsp3) is 0.714. The summed E-state index contributed by atoms with van der Waals surface area (Å²) in [6, 6.07) is 0.158. The maximum Gasteiger partial charge on any atom is 0.237 e. The first-order valence-corrected chi connectivity index (χ1v) is 6.65. The molecule has 0 fully saturated rings. The number of rotatable bonds is 7. The first-order valence-electron chi connectivity index (χ1n) is 6.65. The highest BCUT2D eigenvalue weighted by Gasteiger charge is 2.32. The van der Waals surface area contributed by atoms with E-state index in [1.807, 2.05) is 0 Å². The maximum absolute atomic E-state index is 5.33. The van der Waals surface area contributed by atoms with Crippen LogP contribution in [-0.2, 0) is 0 Å². The van der Waals surface area contributed by atoms with Gasteiger partial charge < -0.3 is 10.1 Å². The molecular weight excluding hydrogens is 226 g/mol. The molecular formula is C14H25N3O. The van der Waals surface area contributed by atoms with E-state index in [9.17, 15) is 0 Å². The molecule has 0 saturated heterocycles. The van der Waals surface area contributed by atoms with Gasteiger partial charge in [-0.2, -0.15) is 0 Å². The lowest BCUT2D eigenvalue weighted by atomic mass is 9.80. The number of methoxy groups -OCH3 is 1. The van der Waals surface area contributed by atoms with E-state index in [4.69, 9.17) is 4.74 Å². The minimum Gasteiger partial charge on any atom is -0.480 e. The molecule has 1 N–H and O–H groups in total. The maximum atomic E-state index is 5.33. The van der Waals surface area contributed by atoms with Crippen LogP contribution >= 0.6 is 0 Å². The van der Waals surface area contributed by atoms with Gasteiger partial charge in [0.05, 0.1) is 13.2 Å². The van der Waals surface area contributed by atoms with Crippen molar-refractivity contribution in [3.8, 4) is 5.88 Å². The lowest BCUT2D eigenvalue weighted by molar-refractivity contribution is 0.223. The molecule has 0 aromatic carbocycles. The highest BCUT2D eigenvalue weighted by Crippen LogP contribution is 2.38. The summed E-state index contributed by atoms with van der Waals surface area (Å²) in [4.78, 5) is 8.72. The van der Waals surface area contributed by atoms with Gasteiger partial charge in [-0.3, -0.25) is 4.98 Å². The Bertz CT molecular complexity index is 366. The average molecular weight is 251 g/mol. The van der Waals surface area contributed by atoms with E-state index >= 15 is 0 Å². The third kappa shape index (κ3) is 3.42. The number of nitrogens with one attached hydrogen (secondary N) is 1. The summed E-state index contributed by atoms with van der Waals surface area (Å²) in [5.74, 6) is 0.618. The molecule has 0 saturated carbocycles. The molecule has 1 rings (SSSR count). The molecule has 18 heavy (non-hydrogen) atoms. The van der Waals surface area contributed by atoms with Crippen molar-refractivity contribution in [3.63, 3.8) is 0 Å². The smallest absolute Gasteiger partial charge is 0.237 e. The van der Waals surface area contributed by atoms with Crippen LogP contribution in [-0.4, -0.2) is 23.6 Å². The Morgan fingerprint density at radius 2 is 1.94 bits per heavy atom. The third-order valence-corrected chi connectivity index (χ3v) is 3.45. The Labute approximate surface area is 110 Å². The molecule has 0 amide bonds. The third-order valence-electron chi connectivity index (χ3n) is 3.45. The molecule has 0 aliphatic rings. The summed E-state index contributed by atoms with van der Waals surface area (Å²) in [7, 11) is 1.64. The molecule has 1 heterocycles. The monoisotopic (exact) mass is 251 g/mol. The van der Waals surface area contributed by atoms with E-state index in [1.165, 1.54) is 0 Å². The Hall–Kier alpha value is -1.16. The first-order chi connectivity index (χ1) is 8.56. The van der Waals surface area contributed by atoms with Crippen molar-refractivity contribution in [2.24, 2.45) is 5.41 Å². The molecule has 0 spiro atoms. The number of hydrogen-bond donors (Lipinski definition) is 1. The van der Waals surface area contributed by atoms with E-state index in [0.29, 0.717) is 5.88 Å². The second kappa shape index (κ2) is 6.69. The molecule has 0 aliphatic heterocycles. The summed E-state index contributed by atoms with van der Waals surface area (Å²) in [5.41, 5.74) is 1.01. The standard InChI is InChI=1S/C14H25N3O/c1-6-8-16-12(14(3,4)7-2)11-13(18-5)17-10-9-15-11/h9-10,12,16H,6-8H2,1-5H3. The van der Waals surface area contributed by atoms with Crippen LogP contribution in [0.15, 0.2) is 12.4 Å². The second-order valence-corrected chi connectivity index (χ2v) is 5.18. The summed E-state index contributed by atoms with van der Waals surface area (Å²) >= 11 is 0. The fourth-order valence-corrected chi connectivity index (χ4v) is 1.93. The second-order valence-electron chi connectivity index (χ2n) is 5.18. The van der Waals surface area contributed by atoms with Crippen LogP contribution in [0.4, 0.5) is 0 Å². The van der Waals surface area contributed by atoms with Crippen LogP contribution in [0.5, 0.6) is 5.88 Å². The molecule has 1 aromatic rings. The van der Waals surface area contributed by atoms with Crippen molar-refractivity contribution in [3.05, 3.63) is 18.1 Å². The van der Waals surface area contributed by atoms with Crippen molar-refractivity contribution in [1.29, 1.82) is 0 Å². The van der Waals surface area contributed by atoms with Crippen molar-refractivity contribution in [2.45, 2.75) is 46.6 Å². The first kappa shape index (κ1) is 14.9. The van der Waals surface area contributed by atoms with Crippen LogP contribution < -0.4 is 10.1 Å². The largest absolute Gasteiger partial charge is 0.480 e. The highest BCUT2D eigenvalue weighted by atomic mass is 16.5. The van der Waals surface area contributed by atoms with Gasteiger partial charge in [0, 0.05) is 12.4 Å². The van der Waals surface area contributed by atoms with Crippen molar-refractivity contribution < 1.29 is 4.74 Å². The molecule has 1 aromatic heterocycles. The average Bonchev–Trinajstić information content (AvgIpc) is 2.39. The van der Waals surface area contributed by atoms with Gasteiger partial charge in [0.25, 0.3) is 0 Å². The summed E-state index contributed by atoms with van der Waals surface area (Å²) in [6.45, 7) is 9.82. The van der Waals surface area contributed by atoms with Crippen LogP contribution in [0.3, 0.4) is 0 Å². The molecule has 0 radical (unpaired) electrons. The SMILES string of the molecule is CCCNC(c1nccnc1OC)C(C)(C)CC. The molecule has 102 valence electrons. The van der Waals surface area contributed by atoms with Gasteiger partial charge in [0.1, 0.15) is 5.69 Å². The molecule has 4 heteroatoms. The van der Waals surface area contributed by atoms with E-state index in [0.717, 1.165) is 25.1 Å². The predicted octanol–water partition coefficient (Wildman–Crippen LogP) is 2.96. The predicted molar refractivity (Wildman–Crippen MR) is 73.7 cm³/mol.